The van der Waals surface area contributed by atoms with Gasteiger partial charge in [-0.25, -0.2) is 13.1 Å². The standard InChI is InChI=1S/C10H20N4O3S/c1-3-5-11-7-8-18(15,16)12-6-4-10-13-9(2)14-17-10/h11-12H,3-8H2,1-2H3. The van der Waals surface area contributed by atoms with Crippen molar-refractivity contribution in [3.63, 3.8) is 0 Å². The third kappa shape index (κ3) is 6.08. The summed E-state index contributed by atoms with van der Waals surface area (Å²) in [7, 11) is -3.23. The Kier molecular flexibility index (Phi) is 6.23. The first-order valence-electron chi connectivity index (χ1n) is 6.00. The monoisotopic (exact) mass is 276 g/mol. The van der Waals surface area contributed by atoms with Crippen molar-refractivity contribution >= 4 is 10.0 Å². The summed E-state index contributed by atoms with van der Waals surface area (Å²) in [6, 6.07) is 0. The van der Waals surface area contributed by atoms with Crippen LogP contribution in [0.5, 0.6) is 0 Å². The zero-order valence-electron chi connectivity index (χ0n) is 10.8. The molecule has 0 bridgehead atoms. The van der Waals surface area contributed by atoms with Gasteiger partial charge in [-0.2, -0.15) is 4.98 Å². The molecule has 0 aliphatic carbocycles. The number of nitrogens with one attached hydrogen (secondary N) is 2. The predicted molar refractivity (Wildman–Crippen MR) is 67.7 cm³/mol. The van der Waals surface area contributed by atoms with E-state index in [9.17, 15) is 8.42 Å². The highest BCUT2D eigenvalue weighted by molar-refractivity contribution is 7.89. The lowest BCUT2D eigenvalue weighted by molar-refractivity contribution is 0.375. The second kappa shape index (κ2) is 7.45. The molecule has 18 heavy (non-hydrogen) atoms. The van der Waals surface area contributed by atoms with Crippen molar-refractivity contribution in [1.29, 1.82) is 0 Å². The van der Waals surface area contributed by atoms with Crippen LogP contribution in [-0.4, -0.2) is 43.9 Å². The first-order chi connectivity index (χ1) is 8.53. The molecule has 104 valence electrons. The predicted octanol–water partition coefficient (Wildman–Crippen LogP) is -0.160. The van der Waals surface area contributed by atoms with E-state index < -0.39 is 10.0 Å². The maximum atomic E-state index is 11.6. The Labute approximate surface area is 107 Å². The molecule has 1 heterocycles. The summed E-state index contributed by atoms with van der Waals surface area (Å²) in [6.07, 6.45) is 1.40. The highest BCUT2D eigenvalue weighted by Gasteiger charge is 2.10. The van der Waals surface area contributed by atoms with Crippen LogP contribution in [0.3, 0.4) is 0 Å². The van der Waals surface area contributed by atoms with Gasteiger partial charge in [-0.3, -0.25) is 0 Å². The largest absolute Gasteiger partial charge is 0.339 e. The van der Waals surface area contributed by atoms with Crippen molar-refractivity contribution in [2.75, 3.05) is 25.4 Å². The number of sulfonamides is 1. The van der Waals surface area contributed by atoms with Gasteiger partial charge in [-0.15, -0.1) is 0 Å². The van der Waals surface area contributed by atoms with Crippen molar-refractivity contribution in [1.82, 2.24) is 20.2 Å². The van der Waals surface area contributed by atoms with Crippen molar-refractivity contribution in [3.05, 3.63) is 11.7 Å². The average Bonchev–Trinajstić information content (AvgIpc) is 2.70. The number of hydrogen-bond donors (Lipinski definition) is 2. The van der Waals surface area contributed by atoms with Crippen LogP contribution in [0.15, 0.2) is 4.52 Å². The molecule has 1 aromatic rings. The van der Waals surface area contributed by atoms with E-state index in [1.165, 1.54) is 0 Å². The van der Waals surface area contributed by atoms with E-state index in [4.69, 9.17) is 4.52 Å². The van der Waals surface area contributed by atoms with E-state index in [1.54, 1.807) is 6.92 Å². The average molecular weight is 276 g/mol. The van der Waals surface area contributed by atoms with Crippen molar-refractivity contribution < 1.29 is 12.9 Å². The zero-order valence-corrected chi connectivity index (χ0v) is 11.6. The maximum Gasteiger partial charge on any atom is 0.227 e. The SMILES string of the molecule is CCCNCCS(=O)(=O)NCCc1nc(C)no1. The first-order valence-corrected chi connectivity index (χ1v) is 7.66. The van der Waals surface area contributed by atoms with Gasteiger partial charge in [-0.05, 0) is 19.9 Å². The van der Waals surface area contributed by atoms with Crippen molar-refractivity contribution in [2.24, 2.45) is 0 Å². The van der Waals surface area contributed by atoms with Crippen LogP contribution in [0.4, 0.5) is 0 Å². The number of nitrogens with zero attached hydrogens (tertiary/aromatic N) is 2. The minimum absolute atomic E-state index is 0.0792. The molecule has 0 aliphatic rings. The van der Waals surface area contributed by atoms with Crippen LogP contribution in [0.1, 0.15) is 25.1 Å². The minimum atomic E-state index is -3.23. The molecular formula is C10H20N4O3S. The molecule has 1 rings (SSSR count). The number of aryl methyl sites for hydroxylation is 1. The molecule has 0 aliphatic heterocycles. The number of rotatable bonds is 9. The van der Waals surface area contributed by atoms with E-state index >= 15 is 0 Å². The summed E-state index contributed by atoms with van der Waals surface area (Å²) < 4.78 is 30.5. The third-order valence-electron chi connectivity index (χ3n) is 2.20. The van der Waals surface area contributed by atoms with Gasteiger partial charge >= 0.3 is 0 Å². The smallest absolute Gasteiger partial charge is 0.227 e. The van der Waals surface area contributed by atoms with Crippen LogP contribution < -0.4 is 10.0 Å². The van der Waals surface area contributed by atoms with Crippen LogP contribution in [0, 0.1) is 6.92 Å². The molecule has 0 aromatic carbocycles. The fourth-order valence-electron chi connectivity index (χ4n) is 1.34. The lowest BCUT2D eigenvalue weighted by atomic mass is 10.4. The zero-order chi connectivity index (χ0) is 13.4. The Bertz CT molecular complexity index is 444. The molecule has 0 fully saturated rings. The Morgan fingerprint density at radius 1 is 1.28 bits per heavy atom. The molecular weight excluding hydrogens is 256 g/mol. The van der Waals surface area contributed by atoms with Gasteiger partial charge in [0.25, 0.3) is 0 Å². The van der Waals surface area contributed by atoms with Gasteiger partial charge in [0.1, 0.15) is 0 Å². The molecule has 0 spiro atoms. The lowest BCUT2D eigenvalue weighted by Crippen LogP contribution is -2.33. The topological polar surface area (TPSA) is 97.1 Å². The molecule has 0 saturated heterocycles. The molecule has 0 unspecified atom stereocenters. The van der Waals surface area contributed by atoms with Crippen LogP contribution in [0.2, 0.25) is 0 Å². The molecule has 0 radical (unpaired) electrons. The lowest BCUT2D eigenvalue weighted by Gasteiger charge is -2.06. The van der Waals surface area contributed by atoms with Gasteiger partial charge in [0.2, 0.25) is 15.9 Å². The van der Waals surface area contributed by atoms with Gasteiger partial charge in [0.05, 0.1) is 5.75 Å². The summed E-state index contributed by atoms with van der Waals surface area (Å²) in [5.74, 6) is 1.08. The van der Waals surface area contributed by atoms with Gasteiger partial charge in [0, 0.05) is 19.5 Å². The van der Waals surface area contributed by atoms with Gasteiger partial charge in [-0.1, -0.05) is 12.1 Å². The molecule has 0 amide bonds. The Morgan fingerprint density at radius 2 is 2.06 bits per heavy atom. The van der Waals surface area contributed by atoms with E-state index in [0.29, 0.717) is 24.7 Å². The summed E-state index contributed by atoms with van der Waals surface area (Å²) in [6.45, 7) is 5.32. The van der Waals surface area contributed by atoms with E-state index in [0.717, 1.165) is 13.0 Å². The molecule has 1 aromatic heterocycles. The van der Waals surface area contributed by atoms with E-state index in [1.807, 2.05) is 6.92 Å². The van der Waals surface area contributed by atoms with Crippen LogP contribution in [-0.2, 0) is 16.4 Å². The molecule has 7 nitrogen and oxygen atoms in total. The molecule has 0 atom stereocenters. The van der Waals surface area contributed by atoms with Crippen molar-refractivity contribution in [3.8, 4) is 0 Å². The second-order valence-corrected chi connectivity index (χ2v) is 5.87. The fourth-order valence-corrected chi connectivity index (χ4v) is 2.31. The highest BCUT2D eigenvalue weighted by Crippen LogP contribution is 1.96. The maximum absolute atomic E-state index is 11.6. The minimum Gasteiger partial charge on any atom is -0.339 e. The molecule has 2 N–H and O–H groups in total. The molecule has 0 saturated carbocycles. The Balaban J connectivity index is 2.20. The first kappa shape index (κ1) is 15.1. The molecule has 8 heteroatoms. The van der Waals surface area contributed by atoms with E-state index in [2.05, 4.69) is 20.2 Å². The summed E-state index contributed by atoms with van der Waals surface area (Å²) in [5, 5.41) is 6.67. The van der Waals surface area contributed by atoms with Crippen LogP contribution >= 0.6 is 0 Å². The van der Waals surface area contributed by atoms with Gasteiger partial charge < -0.3 is 9.84 Å². The van der Waals surface area contributed by atoms with Crippen LogP contribution in [0.25, 0.3) is 0 Å². The number of hydrogen-bond acceptors (Lipinski definition) is 6. The Morgan fingerprint density at radius 3 is 2.67 bits per heavy atom. The number of aromatic nitrogens is 2. The quantitative estimate of drug-likeness (QED) is 0.608. The van der Waals surface area contributed by atoms with Crippen molar-refractivity contribution in [2.45, 2.75) is 26.7 Å². The summed E-state index contributed by atoms with van der Waals surface area (Å²) in [5.41, 5.74) is 0. The van der Waals surface area contributed by atoms with E-state index in [-0.39, 0.29) is 12.3 Å². The highest BCUT2D eigenvalue weighted by atomic mass is 32.2. The second-order valence-electron chi connectivity index (χ2n) is 3.95. The summed E-state index contributed by atoms with van der Waals surface area (Å²) >= 11 is 0. The summed E-state index contributed by atoms with van der Waals surface area (Å²) in [4.78, 5) is 3.99. The third-order valence-corrected chi connectivity index (χ3v) is 3.59. The Hall–Kier alpha value is -0.990. The normalized spacial score (nSPS) is 11.9. The fraction of sp³-hybridized carbons (Fsp3) is 0.800. The van der Waals surface area contributed by atoms with Gasteiger partial charge in [0.15, 0.2) is 5.82 Å².